The molecule has 132 valence electrons. The van der Waals surface area contributed by atoms with Gasteiger partial charge < -0.3 is 20.4 Å². The van der Waals surface area contributed by atoms with E-state index in [2.05, 4.69) is 25.5 Å². The highest BCUT2D eigenvalue weighted by atomic mass is 35.5. The third-order valence-electron chi connectivity index (χ3n) is 3.90. The zero-order valence-corrected chi connectivity index (χ0v) is 15.0. The topological polar surface area (TPSA) is 73.4 Å². The van der Waals surface area contributed by atoms with Crippen LogP contribution in [0.2, 0.25) is 5.02 Å². The monoisotopic (exact) mass is 360 g/mol. The summed E-state index contributed by atoms with van der Waals surface area (Å²) in [5, 5.41) is 6.11. The summed E-state index contributed by atoms with van der Waals surface area (Å²) < 4.78 is 0. The molecule has 2 amide bonds. The molecule has 1 aromatic carbocycles. The molecule has 0 spiro atoms. The first-order chi connectivity index (χ1) is 12.0. The molecule has 0 aliphatic carbocycles. The smallest absolute Gasteiger partial charge is 0.323 e. The molecule has 2 heterocycles. The van der Waals surface area contributed by atoms with Crippen molar-refractivity contribution in [3.8, 4) is 0 Å². The van der Waals surface area contributed by atoms with Crippen LogP contribution in [0.5, 0.6) is 0 Å². The maximum atomic E-state index is 12.3. The van der Waals surface area contributed by atoms with Gasteiger partial charge in [0.1, 0.15) is 5.69 Å². The third kappa shape index (κ3) is 4.30. The average Bonchev–Trinajstić information content (AvgIpc) is 3.09. The van der Waals surface area contributed by atoms with Gasteiger partial charge in [-0.1, -0.05) is 17.7 Å². The van der Waals surface area contributed by atoms with Gasteiger partial charge in [0.05, 0.1) is 6.20 Å². The van der Waals surface area contributed by atoms with E-state index in [1.807, 2.05) is 19.0 Å². The van der Waals surface area contributed by atoms with Crippen LogP contribution >= 0.6 is 11.6 Å². The Hall–Kier alpha value is -2.54. The van der Waals surface area contributed by atoms with E-state index in [-0.39, 0.29) is 6.03 Å². The zero-order chi connectivity index (χ0) is 17.8. The van der Waals surface area contributed by atoms with Gasteiger partial charge in [-0.05, 0) is 31.0 Å². The van der Waals surface area contributed by atoms with Gasteiger partial charge in [0.25, 0.3) is 0 Å². The molecule has 8 heteroatoms. The molecule has 1 aliphatic heterocycles. The average molecular weight is 361 g/mol. The van der Waals surface area contributed by atoms with Crippen LogP contribution < -0.4 is 20.4 Å². The van der Waals surface area contributed by atoms with Crippen LogP contribution in [0.3, 0.4) is 0 Å². The number of nitrogens with zero attached hydrogens (tertiary/aromatic N) is 4. The lowest BCUT2D eigenvalue weighted by Crippen LogP contribution is -2.25. The molecule has 25 heavy (non-hydrogen) atoms. The first kappa shape index (κ1) is 17.3. The standard InChI is InChI=1S/C17H21ClN6O/c1-23(2)15-14(11-19-16(22-15)24-8-3-4-9-24)21-17(25)20-13-7-5-6-12(18)10-13/h5-7,10-11H,3-4,8-9H2,1-2H3,(H2,20,21,25). The Labute approximate surface area is 152 Å². The molecule has 3 rings (SSSR count). The Balaban J connectivity index is 1.75. The zero-order valence-electron chi connectivity index (χ0n) is 14.3. The maximum Gasteiger partial charge on any atom is 0.323 e. The Morgan fingerprint density at radius 1 is 1.24 bits per heavy atom. The van der Waals surface area contributed by atoms with Crippen LogP contribution in [-0.2, 0) is 0 Å². The summed E-state index contributed by atoms with van der Waals surface area (Å²) in [6.07, 6.45) is 3.96. The molecule has 1 fully saturated rings. The van der Waals surface area contributed by atoms with Crippen LogP contribution in [-0.4, -0.2) is 43.2 Å². The van der Waals surface area contributed by atoms with Gasteiger partial charge in [-0.2, -0.15) is 4.98 Å². The first-order valence-corrected chi connectivity index (χ1v) is 8.53. The number of nitrogens with one attached hydrogen (secondary N) is 2. The van der Waals surface area contributed by atoms with E-state index in [0.29, 0.717) is 28.2 Å². The number of hydrogen-bond donors (Lipinski definition) is 2. The van der Waals surface area contributed by atoms with Crippen LogP contribution in [0.15, 0.2) is 30.5 Å². The van der Waals surface area contributed by atoms with Crippen molar-refractivity contribution in [2.75, 3.05) is 47.6 Å². The van der Waals surface area contributed by atoms with Crippen molar-refractivity contribution in [2.24, 2.45) is 0 Å². The minimum absolute atomic E-state index is 0.372. The van der Waals surface area contributed by atoms with Gasteiger partial charge in [-0.3, -0.25) is 0 Å². The van der Waals surface area contributed by atoms with E-state index in [1.165, 1.54) is 0 Å². The summed E-state index contributed by atoms with van der Waals surface area (Å²) in [5.74, 6) is 1.36. The molecular weight excluding hydrogens is 340 g/mol. The minimum atomic E-state index is -0.372. The molecular formula is C17H21ClN6O. The fourth-order valence-corrected chi connectivity index (χ4v) is 2.90. The largest absolute Gasteiger partial charge is 0.361 e. The van der Waals surface area contributed by atoms with Gasteiger partial charge in [0.15, 0.2) is 5.82 Å². The molecule has 2 aromatic rings. The van der Waals surface area contributed by atoms with E-state index >= 15 is 0 Å². The summed E-state index contributed by atoms with van der Waals surface area (Å²) >= 11 is 5.93. The lowest BCUT2D eigenvalue weighted by Gasteiger charge is -2.21. The minimum Gasteiger partial charge on any atom is -0.361 e. The number of rotatable bonds is 4. The molecule has 7 nitrogen and oxygen atoms in total. The number of hydrogen-bond acceptors (Lipinski definition) is 5. The van der Waals surface area contributed by atoms with E-state index in [0.717, 1.165) is 25.9 Å². The van der Waals surface area contributed by atoms with Crippen molar-refractivity contribution in [1.29, 1.82) is 0 Å². The lowest BCUT2D eigenvalue weighted by molar-refractivity contribution is 0.262. The normalized spacial score (nSPS) is 13.6. The van der Waals surface area contributed by atoms with Crippen molar-refractivity contribution >= 4 is 40.8 Å². The summed E-state index contributed by atoms with van der Waals surface area (Å²) in [6.45, 7) is 1.93. The third-order valence-corrected chi connectivity index (χ3v) is 4.13. The second-order valence-electron chi connectivity index (χ2n) is 6.09. The maximum absolute atomic E-state index is 12.3. The Morgan fingerprint density at radius 2 is 2.00 bits per heavy atom. The highest BCUT2D eigenvalue weighted by molar-refractivity contribution is 6.30. The van der Waals surface area contributed by atoms with Crippen molar-refractivity contribution in [3.05, 3.63) is 35.5 Å². The van der Waals surface area contributed by atoms with Crippen molar-refractivity contribution < 1.29 is 4.79 Å². The highest BCUT2D eigenvalue weighted by Gasteiger charge is 2.18. The van der Waals surface area contributed by atoms with E-state index in [1.54, 1.807) is 30.5 Å². The number of urea groups is 1. The molecule has 1 saturated heterocycles. The van der Waals surface area contributed by atoms with E-state index in [4.69, 9.17) is 11.6 Å². The number of carbonyl (C=O) groups is 1. The van der Waals surface area contributed by atoms with Crippen LogP contribution in [0.4, 0.5) is 27.9 Å². The highest BCUT2D eigenvalue weighted by Crippen LogP contribution is 2.25. The molecule has 2 N–H and O–H groups in total. The summed E-state index contributed by atoms with van der Waals surface area (Å²) in [7, 11) is 3.77. The van der Waals surface area contributed by atoms with Crippen LogP contribution in [0, 0.1) is 0 Å². The van der Waals surface area contributed by atoms with Crippen molar-refractivity contribution in [2.45, 2.75) is 12.8 Å². The Morgan fingerprint density at radius 3 is 2.68 bits per heavy atom. The van der Waals surface area contributed by atoms with Gasteiger partial charge >= 0.3 is 6.03 Å². The number of carbonyl (C=O) groups excluding carboxylic acids is 1. The van der Waals surface area contributed by atoms with Gasteiger partial charge in [-0.15, -0.1) is 0 Å². The Bertz CT molecular complexity index is 761. The first-order valence-electron chi connectivity index (χ1n) is 8.16. The van der Waals surface area contributed by atoms with E-state index in [9.17, 15) is 4.79 Å². The fraction of sp³-hybridized carbons (Fsp3) is 0.353. The Kier molecular flexibility index (Phi) is 5.23. The molecule has 0 unspecified atom stereocenters. The number of benzene rings is 1. The molecule has 0 bridgehead atoms. The van der Waals surface area contributed by atoms with Crippen molar-refractivity contribution in [3.63, 3.8) is 0 Å². The fourth-order valence-electron chi connectivity index (χ4n) is 2.71. The van der Waals surface area contributed by atoms with Crippen LogP contribution in [0.1, 0.15) is 12.8 Å². The number of amides is 2. The predicted molar refractivity (Wildman–Crippen MR) is 102 cm³/mol. The van der Waals surface area contributed by atoms with Gasteiger partial charge in [-0.25, -0.2) is 9.78 Å². The van der Waals surface area contributed by atoms with E-state index < -0.39 is 0 Å². The summed E-state index contributed by atoms with van der Waals surface area (Å²) in [5.41, 5.74) is 1.17. The van der Waals surface area contributed by atoms with Gasteiger partial charge in [0, 0.05) is 37.9 Å². The second kappa shape index (κ2) is 7.57. The van der Waals surface area contributed by atoms with Crippen molar-refractivity contribution in [1.82, 2.24) is 9.97 Å². The summed E-state index contributed by atoms with van der Waals surface area (Å²) in [6, 6.07) is 6.60. The molecule has 0 atom stereocenters. The SMILES string of the molecule is CN(C)c1nc(N2CCCC2)ncc1NC(=O)Nc1cccc(Cl)c1. The van der Waals surface area contributed by atoms with Crippen LogP contribution in [0.25, 0.3) is 0 Å². The number of aromatic nitrogens is 2. The summed E-state index contributed by atoms with van der Waals surface area (Å²) in [4.78, 5) is 25.3. The number of halogens is 1. The number of anilines is 4. The quantitative estimate of drug-likeness (QED) is 0.873. The lowest BCUT2D eigenvalue weighted by atomic mass is 10.3. The molecule has 0 radical (unpaired) electrons. The molecule has 1 aliphatic rings. The molecule has 1 aromatic heterocycles. The predicted octanol–water partition coefficient (Wildman–Crippen LogP) is 3.44. The van der Waals surface area contributed by atoms with Gasteiger partial charge in [0.2, 0.25) is 5.95 Å². The second-order valence-corrected chi connectivity index (χ2v) is 6.52. The molecule has 0 saturated carbocycles.